The second-order valence-corrected chi connectivity index (χ2v) is 4.73. The number of carbonyl (C=O) groups is 2. The fourth-order valence-corrected chi connectivity index (χ4v) is 2.46. The smallest absolute Gasteiger partial charge is 0.319 e. The Hall–Kier alpha value is -2.50. The molecule has 0 fully saturated rings. The van der Waals surface area contributed by atoms with Crippen LogP contribution >= 0.6 is 0 Å². The Balaban J connectivity index is 2.59. The summed E-state index contributed by atoms with van der Waals surface area (Å²) in [4.78, 5) is 23.7. The summed E-state index contributed by atoms with van der Waals surface area (Å²) in [5.41, 5.74) is 1.72. The molecule has 0 aliphatic carbocycles. The third kappa shape index (κ3) is 2.84. The average Bonchev–Trinajstić information content (AvgIpc) is 2.45. The fourth-order valence-electron chi connectivity index (χ4n) is 2.46. The lowest BCUT2D eigenvalue weighted by Gasteiger charge is -2.29. The van der Waals surface area contributed by atoms with Crippen LogP contribution in [-0.4, -0.2) is 26.0 Å². The van der Waals surface area contributed by atoms with E-state index in [0.717, 1.165) is 0 Å². The Morgan fingerprint density at radius 3 is 2.52 bits per heavy atom. The number of benzene rings is 1. The van der Waals surface area contributed by atoms with Crippen molar-refractivity contribution in [2.24, 2.45) is 0 Å². The van der Waals surface area contributed by atoms with Gasteiger partial charge in [0.05, 0.1) is 20.3 Å². The Kier molecular flexibility index (Phi) is 4.16. The molecule has 0 saturated heterocycles. The molecule has 21 heavy (non-hydrogen) atoms. The van der Waals surface area contributed by atoms with Gasteiger partial charge in [-0.2, -0.15) is 0 Å². The molecule has 1 unspecified atom stereocenters. The van der Waals surface area contributed by atoms with Crippen molar-refractivity contribution in [3.05, 3.63) is 35.0 Å². The number of allylic oxidation sites excluding steroid dienone is 1. The van der Waals surface area contributed by atoms with E-state index < -0.39 is 6.04 Å². The minimum absolute atomic E-state index is 0.116. The van der Waals surface area contributed by atoms with Crippen molar-refractivity contribution in [2.75, 3.05) is 14.2 Å². The number of hydrogen-bond donors (Lipinski definition) is 2. The van der Waals surface area contributed by atoms with Crippen LogP contribution < -0.4 is 20.1 Å². The Morgan fingerprint density at radius 2 is 1.95 bits per heavy atom. The minimum Gasteiger partial charge on any atom is -0.497 e. The van der Waals surface area contributed by atoms with Gasteiger partial charge in [0.25, 0.3) is 0 Å². The van der Waals surface area contributed by atoms with Gasteiger partial charge in [0, 0.05) is 16.8 Å². The summed E-state index contributed by atoms with van der Waals surface area (Å²) in [5, 5.41) is 5.37. The molecule has 2 N–H and O–H groups in total. The van der Waals surface area contributed by atoms with Gasteiger partial charge in [-0.05, 0) is 32.0 Å². The van der Waals surface area contributed by atoms with Gasteiger partial charge < -0.3 is 20.1 Å². The van der Waals surface area contributed by atoms with Gasteiger partial charge in [0.2, 0.25) is 0 Å². The molecule has 1 atom stereocenters. The molecule has 2 amide bonds. The SMILES string of the molecule is COc1ccc(OC)c(C2NC(=O)NC(C)=C2C(C)=O)c1. The van der Waals surface area contributed by atoms with Crippen molar-refractivity contribution < 1.29 is 19.1 Å². The molecule has 1 heterocycles. The maximum absolute atomic E-state index is 11.9. The fraction of sp³-hybridized carbons (Fsp3) is 0.333. The standard InChI is InChI=1S/C15H18N2O4/c1-8-13(9(2)18)14(17-15(19)16-8)11-7-10(20-3)5-6-12(11)21-4/h5-7,14H,1-4H3,(H2,16,17,19). The molecule has 0 bridgehead atoms. The molecule has 1 aliphatic heterocycles. The number of hydrogen-bond acceptors (Lipinski definition) is 4. The third-order valence-electron chi connectivity index (χ3n) is 3.40. The van der Waals surface area contributed by atoms with Crippen molar-refractivity contribution in [3.8, 4) is 11.5 Å². The molecule has 1 aromatic carbocycles. The van der Waals surface area contributed by atoms with Gasteiger partial charge in [-0.15, -0.1) is 0 Å². The lowest BCUT2D eigenvalue weighted by molar-refractivity contribution is -0.114. The van der Waals surface area contributed by atoms with Gasteiger partial charge in [0.15, 0.2) is 5.78 Å². The summed E-state index contributed by atoms with van der Waals surface area (Å²) < 4.78 is 10.5. The number of ketones is 1. The van der Waals surface area contributed by atoms with Crippen LogP contribution in [0.25, 0.3) is 0 Å². The van der Waals surface area contributed by atoms with Crippen LogP contribution in [0.15, 0.2) is 29.5 Å². The van der Waals surface area contributed by atoms with Crippen LogP contribution in [0.3, 0.4) is 0 Å². The first-order valence-electron chi connectivity index (χ1n) is 6.49. The summed E-state index contributed by atoms with van der Waals surface area (Å²) in [6.07, 6.45) is 0. The van der Waals surface area contributed by atoms with E-state index in [2.05, 4.69) is 10.6 Å². The zero-order chi connectivity index (χ0) is 15.6. The van der Waals surface area contributed by atoms with Crippen molar-refractivity contribution in [1.82, 2.24) is 10.6 Å². The van der Waals surface area contributed by atoms with E-state index in [1.165, 1.54) is 14.0 Å². The van der Waals surface area contributed by atoms with E-state index in [0.29, 0.717) is 28.3 Å². The topological polar surface area (TPSA) is 76.7 Å². The number of rotatable bonds is 4. The maximum atomic E-state index is 11.9. The summed E-state index contributed by atoms with van der Waals surface area (Å²) in [5.74, 6) is 1.09. The van der Waals surface area contributed by atoms with E-state index in [1.54, 1.807) is 32.2 Å². The maximum Gasteiger partial charge on any atom is 0.319 e. The predicted octanol–water partition coefficient (Wildman–Crippen LogP) is 1.92. The lowest BCUT2D eigenvalue weighted by Crippen LogP contribution is -2.44. The van der Waals surface area contributed by atoms with E-state index in [1.807, 2.05) is 0 Å². The van der Waals surface area contributed by atoms with E-state index in [4.69, 9.17) is 9.47 Å². The van der Waals surface area contributed by atoms with E-state index in [9.17, 15) is 9.59 Å². The van der Waals surface area contributed by atoms with Gasteiger partial charge in [0.1, 0.15) is 11.5 Å². The van der Waals surface area contributed by atoms with Crippen LogP contribution in [0.1, 0.15) is 25.5 Å². The molecule has 2 rings (SSSR count). The molecule has 1 aromatic rings. The zero-order valence-electron chi connectivity index (χ0n) is 12.4. The first-order chi connectivity index (χ1) is 9.97. The molecule has 6 nitrogen and oxygen atoms in total. The highest BCUT2D eigenvalue weighted by molar-refractivity contribution is 5.98. The van der Waals surface area contributed by atoms with Crippen molar-refractivity contribution >= 4 is 11.8 Å². The molecule has 1 aliphatic rings. The minimum atomic E-state index is -0.568. The second kappa shape index (κ2) is 5.87. The van der Waals surface area contributed by atoms with Crippen LogP contribution in [0.5, 0.6) is 11.5 Å². The first-order valence-corrected chi connectivity index (χ1v) is 6.49. The summed E-state index contributed by atoms with van der Waals surface area (Å²) in [6.45, 7) is 3.17. The first kappa shape index (κ1) is 14.9. The molecule has 0 saturated carbocycles. The number of amides is 2. The molecule has 6 heteroatoms. The van der Waals surface area contributed by atoms with Crippen molar-refractivity contribution in [1.29, 1.82) is 0 Å². The van der Waals surface area contributed by atoms with Crippen LogP contribution in [-0.2, 0) is 4.79 Å². The van der Waals surface area contributed by atoms with Crippen molar-refractivity contribution in [3.63, 3.8) is 0 Å². The van der Waals surface area contributed by atoms with Gasteiger partial charge in [-0.25, -0.2) is 4.79 Å². The van der Waals surface area contributed by atoms with Crippen LogP contribution in [0.2, 0.25) is 0 Å². The normalized spacial score (nSPS) is 17.9. The number of methoxy groups -OCH3 is 2. The monoisotopic (exact) mass is 290 g/mol. The Morgan fingerprint density at radius 1 is 1.24 bits per heavy atom. The van der Waals surface area contributed by atoms with Crippen LogP contribution in [0, 0.1) is 0 Å². The number of Topliss-reactive ketones (excluding diaryl/α,β-unsaturated/α-hetero) is 1. The van der Waals surface area contributed by atoms with E-state index >= 15 is 0 Å². The van der Waals surface area contributed by atoms with E-state index in [-0.39, 0.29) is 11.8 Å². The summed E-state index contributed by atoms with van der Waals surface area (Å²) in [7, 11) is 3.10. The largest absolute Gasteiger partial charge is 0.497 e. The van der Waals surface area contributed by atoms with Crippen LogP contribution in [0.4, 0.5) is 4.79 Å². The number of ether oxygens (including phenoxy) is 2. The third-order valence-corrected chi connectivity index (χ3v) is 3.40. The molecular weight excluding hydrogens is 272 g/mol. The van der Waals surface area contributed by atoms with Gasteiger partial charge >= 0.3 is 6.03 Å². The molecular formula is C15H18N2O4. The quantitative estimate of drug-likeness (QED) is 0.888. The highest BCUT2D eigenvalue weighted by atomic mass is 16.5. The predicted molar refractivity (Wildman–Crippen MR) is 77.3 cm³/mol. The highest BCUT2D eigenvalue weighted by Gasteiger charge is 2.31. The molecule has 0 radical (unpaired) electrons. The Bertz CT molecular complexity index is 622. The lowest BCUT2D eigenvalue weighted by atomic mass is 9.92. The second-order valence-electron chi connectivity index (χ2n) is 4.73. The summed E-state index contributed by atoms with van der Waals surface area (Å²) >= 11 is 0. The number of carbonyl (C=O) groups excluding carboxylic acids is 2. The van der Waals surface area contributed by atoms with Crippen molar-refractivity contribution in [2.45, 2.75) is 19.9 Å². The Labute approximate surface area is 123 Å². The number of urea groups is 1. The molecule has 0 aromatic heterocycles. The summed E-state index contributed by atoms with van der Waals surface area (Å²) in [6, 6.07) is 4.34. The molecule has 112 valence electrons. The van der Waals surface area contributed by atoms with Gasteiger partial charge in [-0.3, -0.25) is 4.79 Å². The zero-order valence-corrected chi connectivity index (χ0v) is 12.4. The van der Waals surface area contributed by atoms with Gasteiger partial charge in [-0.1, -0.05) is 0 Å². The molecule has 0 spiro atoms. The highest BCUT2D eigenvalue weighted by Crippen LogP contribution is 2.35. The number of nitrogens with one attached hydrogen (secondary N) is 2. The average molecular weight is 290 g/mol.